The Balaban J connectivity index is 1.77. The number of hydrogen-bond acceptors (Lipinski definition) is 2. The summed E-state index contributed by atoms with van der Waals surface area (Å²) in [6.07, 6.45) is 2.66. The molecule has 0 bridgehead atoms. The van der Waals surface area contributed by atoms with Gasteiger partial charge in [0, 0.05) is 22.6 Å². The standard InChI is InChI=1S/C14H20BrClN2/c1-18-6-2-3-11(10-18)8-17-9-12-4-5-13(15)7-14(12)16/h4-5,7,11,17H,2-3,6,8-10H2,1H3. The van der Waals surface area contributed by atoms with E-state index in [1.807, 2.05) is 12.1 Å². The molecule has 1 N–H and O–H groups in total. The van der Waals surface area contributed by atoms with Crippen molar-refractivity contribution in [1.29, 1.82) is 0 Å². The number of halogens is 2. The molecule has 1 heterocycles. The third kappa shape index (κ3) is 4.23. The molecule has 0 amide bonds. The Bertz CT molecular complexity index is 397. The average molecular weight is 332 g/mol. The Kier molecular flexibility index (Phi) is 5.49. The fourth-order valence-electron chi connectivity index (χ4n) is 2.52. The second kappa shape index (κ2) is 6.90. The molecule has 0 aliphatic carbocycles. The van der Waals surface area contributed by atoms with Gasteiger partial charge in [-0.3, -0.25) is 0 Å². The maximum absolute atomic E-state index is 6.20. The largest absolute Gasteiger partial charge is 0.312 e. The van der Waals surface area contributed by atoms with E-state index in [0.29, 0.717) is 0 Å². The van der Waals surface area contributed by atoms with Crippen LogP contribution in [0.15, 0.2) is 22.7 Å². The van der Waals surface area contributed by atoms with E-state index in [0.717, 1.165) is 28.5 Å². The van der Waals surface area contributed by atoms with Crippen molar-refractivity contribution in [2.75, 3.05) is 26.7 Å². The molecular formula is C14H20BrClN2. The zero-order valence-electron chi connectivity index (χ0n) is 10.8. The van der Waals surface area contributed by atoms with E-state index in [1.165, 1.54) is 31.5 Å². The van der Waals surface area contributed by atoms with Crippen LogP contribution < -0.4 is 5.32 Å². The number of rotatable bonds is 4. The van der Waals surface area contributed by atoms with Crippen LogP contribution in [-0.4, -0.2) is 31.6 Å². The van der Waals surface area contributed by atoms with E-state index in [2.05, 4.69) is 39.3 Å². The second-order valence-electron chi connectivity index (χ2n) is 5.14. The summed E-state index contributed by atoms with van der Waals surface area (Å²) < 4.78 is 1.03. The number of nitrogens with zero attached hydrogens (tertiary/aromatic N) is 1. The molecule has 0 radical (unpaired) electrons. The molecule has 2 rings (SSSR count). The summed E-state index contributed by atoms with van der Waals surface area (Å²) in [4.78, 5) is 2.42. The predicted molar refractivity (Wildman–Crippen MR) is 81.1 cm³/mol. The molecule has 0 saturated carbocycles. The Labute approximate surface area is 123 Å². The summed E-state index contributed by atoms with van der Waals surface area (Å²) in [6, 6.07) is 6.07. The molecule has 1 unspecified atom stereocenters. The Morgan fingerprint density at radius 3 is 3.06 bits per heavy atom. The summed E-state index contributed by atoms with van der Waals surface area (Å²) in [7, 11) is 2.21. The van der Waals surface area contributed by atoms with Crippen molar-refractivity contribution < 1.29 is 0 Å². The molecule has 1 aliphatic rings. The third-order valence-corrected chi connectivity index (χ3v) is 4.33. The lowest BCUT2D eigenvalue weighted by Gasteiger charge is -2.29. The fourth-order valence-corrected chi connectivity index (χ4v) is 3.26. The van der Waals surface area contributed by atoms with Crippen LogP contribution in [0.3, 0.4) is 0 Å². The topological polar surface area (TPSA) is 15.3 Å². The maximum atomic E-state index is 6.20. The lowest BCUT2D eigenvalue weighted by Crippen LogP contribution is -2.37. The van der Waals surface area contributed by atoms with Gasteiger partial charge >= 0.3 is 0 Å². The Hall–Kier alpha value is -0.0900. The molecule has 1 atom stereocenters. The normalized spacial score (nSPS) is 21.2. The van der Waals surface area contributed by atoms with Crippen LogP contribution in [0.4, 0.5) is 0 Å². The zero-order valence-corrected chi connectivity index (χ0v) is 13.1. The summed E-state index contributed by atoms with van der Waals surface area (Å²) in [5, 5.41) is 4.36. The molecule has 1 aliphatic heterocycles. The minimum absolute atomic E-state index is 0.776. The first-order chi connectivity index (χ1) is 8.65. The number of nitrogens with one attached hydrogen (secondary N) is 1. The Morgan fingerprint density at radius 1 is 1.50 bits per heavy atom. The fraction of sp³-hybridized carbons (Fsp3) is 0.571. The van der Waals surface area contributed by atoms with Gasteiger partial charge in [0.25, 0.3) is 0 Å². The second-order valence-corrected chi connectivity index (χ2v) is 6.46. The van der Waals surface area contributed by atoms with Gasteiger partial charge < -0.3 is 10.2 Å². The highest BCUT2D eigenvalue weighted by Gasteiger charge is 2.16. The highest BCUT2D eigenvalue weighted by molar-refractivity contribution is 9.10. The number of piperidine rings is 1. The Morgan fingerprint density at radius 2 is 2.33 bits per heavy atom. The van der Waals surface area contributed by atoms with Gasteiger partial charge in [-0.1, -0.05) is 33.6 Å². The van der Waals surface area contributed by atoms with Gasteiger partial charge in [-0.05, 0) is 56.6 Å². The molecule has 1 fully saturated rings. The lowest BCUT2D eigenvalue weighted by atomic mass is 9.98. The molecule has 4 heteroatoms. The summed E-state index contributed by atoms with van der Waals surface area (Å²) in [6.45, 7) is 4.39. The van der Waals surface area contributed by atoms with Crippen LogP contribution in [0, 0.1) is 5.92 Å². The van der Waals surface area contributed by atoms with Crippen LogP contribution >= 0.6 is 27.5 Å². The van der Waals surface area contributed by atoms with Crippen LogP contribution in [0.25, 0.3) is 0 Å². The van der Waals surface area contributed by atoms with E-state index in [-0.39, 0.29) is 0 Å². The zero-order chi connectivity index (χ0) is 13.0. The monoisotopic (exact) mass is 330 g/mol. The summed E-state index contributed by atoms with van der Waals surface area (Å²) in [5.41, 5.74) is 1.17. The minimum atomic E-state index is 0.776. The number of benzene rings is 1. The van der Waals surface area contributed by atoms with Gasteiger partial charge in [0.15, 0.2) is 0 Å². The molecular weight excluding hydrogens is 312 g/mol. The van der Waals surface area contributed by atoms with Gasteiger partial charge in [-0.25, -0.2) is 0 Å². The van der Waals surface area contributed by atoms with Gasteiger partial charge in [0.1, 0.15) is 0 Å². The first-order valence-corrected chi connectivity index (χ1v) is 7.65. The van der Waals surface area contributed by atoms with Crippen molar-refractivity contribution in [2.24, 2.45) is 5.92 Å². The molecule has 1 saturated heterocycles. The van der Waals surface area contributed by atoms with Gasteiger partial charge in [-0.2, -0.15) is 0 Å². The molecule has 0 aromatic heterocycles. The van der Waals surface area contributed by atoms with Crippen molar-refractivity contribution in [3.8, 4) is 0 Å². The lowest BCUT2D eigenvalue weighted by molar-refractivity contribution is 0.206. The molecule has 18 heavy (non-hydrogen) atoms. The smallest absolute Gasteiger partial charge is 0.0462 e. The van der Waals surface area contributed by atoms with E-state index in [1.54, 1.807) is 0 Å². The number of hydrogen-bond donors (Lipinski definition) is 1. The SMILES string of the molecule is CN1CCCC(CNCc2ccc(Br)cc2Cl)C1. The molecule has 1 aromatic carbocycles. The minimum Gasteiger partial charge on any atom is -0.312 e. The van der Waals surface area contributed by atoms with Crippen molar-refractivity contribution in [1.82, 2.24) is 10.2 Å². The summed E-state index contributed by atoms with van der Waals surface area (Å²) in [5.74, 6) is 0.776. The van der Waals surface area contributed by atoms with Crippen LogP contribution in [-0.2, 0) is 6.54 Å². The van der Waals surface area contributed by atoms with Crippen LogP contribution in [0.1, 0.15) is 18.4 Å². The molecule has 2 nitrogen and oxygen atoms in total. The first kappa shape index (κ1) is 14.3. The van der Waals surface area contributed by atoms with E-state index in [4.69, 9.17) is 11.6 Å². The van der Waals surface area contributed by atoms with Gasteiger partial charge in [-0.15, -0.1) is 0 Å². The van der Waals surface area contributed by atoms with Crippen molar-refractivity contribution in [3.63, 3.8) is 0 Å². The van der Waals surface area contributed by atoms with E-state index in [9.17, 15) is 0 Å². The molecule has 0 spiro atoms. The van der Waals surface area contributed by atoms with Crippen molar-refractivity contribution in [3.05, 3.63) is 33.3 Å². The van der Waals surface area contributed by atoms with Crippen LogP contribution in [0.2, 0.25) is 5.02 Å². The first-order valence-electron chi connectivity index (χ1n) is 6.48. The molecule has 1 aromatic rings. The third-order valence-electron chi connectivity index (χ3n) is 3.49. The highest BCUT2D eigenvalue weighted by Crippen LogP contribution is 2.21. The van der Waals surface area contributed by atoms with Crippen molar-refractivity contribution in [2.45, 2.75) is 19.4 Å². The maximum Gasteiger partial charge on any atom is 0.0462 e. The quantitative estimate of drug-likeness (QED) is 0.908. The van der Waals surface area contributed by atoms with Crippen molar-refractivity contribution >= 4 is 27.5 Å². The summed E-state index contributed by atoms with van der Waals surface area (Å²) >= 11 is 9.62. The van der Waals surface area contributed by atoms with Gasteiger partial charge in [0.05, 0.1) is 0 Å². The van der Waals surface area contributed by atoms with E-state index < -0.39 is 0 Å². The number of likely N-dealkylation sites (tertiary alicyclic amines) is 1. The van der Waals surface area contributed by atoms with Gasteiger partial charge in [0.2, 0.25) is 0 Å². The highest BCUT2D eigenvalue weighted by atomic mass is 79.9. The van der Waals surface area contributed by atoms with Crippen LogP contribution in [0.5, 0.6) is 0 Å². The predicted octanol–water partition coefficient (Wildman–Crippen LogP) is 3.53. The molecule has 100 valence electrons. The van der Waals surface area contributed by atoms with E-state index >= 15 is 0 Å². The average Bonchev–Trinajstić information content (AvgIpc) is 2.32.